The Morgan fingerprint density at radius 3 is 2.25 bits per heavy atom. The minimum atomic E-state index is -0.707. The Balaban J connectivity index is 3.85. The smallest absolute Gasteiger partial charge is 0.304 e. The lowest BCUT2D eigenvalue weighted by Crippen LogP contribution is -2.32. The molecular formula is C12H26N2O2. The van der Waals surface area contributed by atoms with E-state index in [1.54, 1.807) is 0 Å². The molecular weight excluding hydrogens is 204 g/mol. The third-order valence-corrected chi connectivity index (χ3v) is 2.34. The average Bonchev–Trinajstić information content (AvgIpc) is 2.12. The molecule has 4 nitrogen and oxygen atoms in total. The summed E-state index contributed by atoms with van der Waals surface area (Å²) in [6.07, 6.45) is 1.34. The molecule has 96 valence electrons. The summed E-state index contributed by atoms with van der Waals surface area (Å²) in [5.74, 6) is -0.116. The first-order chi connectivity index (χ1) is 7.41. The number of aliphatic carboxylic acids is 1. The van der Waals surface area contributed by atoms with Gasteiger partial charge in [-0.3, -0.25) is 4.79 Å². The molecule has 0 aromatic rings. The molecule has 0 heterocycles. The number of hydrogen-bond acceptors (Lipinski definition) is 3. The van der Waals surface area contributed by atoms with E-state index in [2.05, 4.69) is 37.7 Å². The standard InChI is InChI=1S/C12H26N2O2/c1-11(2)10-14(9-6-12(15)16)8-5-7-13(3)4/h11H,5-10H2,1-4H3,(H,15,16). The van der Waals surface area contributed by atoms with Crippen LogP contribution in [0.25, 0.3) is 0 Å². The molecule has 16 heavy (non-hydrogen) atoms. The van der Waals surface area contributed by atoms with Crippen molar-refractivity contribution >= 4 is 5.97 Å². The van der Waals surface area contributed by atoms with Gasteiger partial charge in [-0.05, 0) is 39.5 Å². The van der Waals surface area contributed by atoms with Crippen molar-refractivity contribution < 1.29 is 9.90 Å². The molecule has 4 heteroatoms. The molecule has 0 aliphatic heterocycles. The van der Waals surface area contributed by atoms with E-state index in [0.29, 0.717) is 12.5 Å². The van der Waals surface area contributed by atoms with E-state index in [4.69, 9.17) is 5.11 Å². The summed E-state index contributed by atoms with van der Waals surface area (Å²) >= 11 is 0. The van der Waals surface area contributed by atoms with Gasteiger partial charge in [0, 0.05) is 13.1 Å². The zero-order valence-corrected chi connectivity index (χ0v) is 11.1. The fourth-order valence-electron chi connectivity index (χ4n) is 1.68. The maximum Gasteiger partial charge on any atom is 0.304 e. The highest BCUT2D eigenvalue weighted by Crippen LogP contribution is 2.01. The molecule has 0 spiro atoms. The molecule has 0 aromatic carbocycles. The zero-order valence-electron chi connectivity index (χ0n) is 11.1. The minimum absolute atomic E-state index is 0.245. The van der Waals surface area contributed by atoms with Crippen molar-refractivity contribution in [2.45, 2.75) is 26.7 Å². The predicted molar refractivity (Wildman–Crippen MR) is 66.7 cm³/mol. The SMILES string of the molecule is CC(C)CN(CCCN(C)C)CCC(=O)O. The molecule has 0 atom stereocenters. The molecule has 1 N–H and O–H groups in total. The van der Waals surface area contributed by atoms with Crippen molar-refractivity contribution in [3.8, 4) is 0 Å². The molecule has 0 amide bonds. The van der Waals surface area contributed by atoms with Crippen molar-refractivity contribution in [2.75, 3.05) is 40.3 Å². The van der Waals surface area contributed by atoms with Crippen LogP contribution >= 0.6 is 0 Å². The van der Waals surface area contributed by atoms with Crippen molar-refractivity contribution in [1.29, 1.82) is 0 Å². The van der Waals surface area contributed by atoms with E-state index in [1.807, 2.05) is 0 Å². The second-order valence-corrected chi connectivity index (χ2v) is 5.00. The van der Waals surface area contributed by atoms with Gasteiger partial charge in [0.05, 0.1) is 6.42 Å². The van der Waals surface area contributed by atoms with E-state index in [-0.39, 0.29) is 6.42 Å². The van der Waals surface area contributed by atoms with Crippen molar-refractivity contribution in [2.24, 2.45) is 5.92 Å². The average molecular weight is 230 g/mol. The summed E-state index contributed by atoms with van der Waals surface area (Å²) in [4.78, 5) is 14.9. The fraction of sp³-hybridized carbons (Fsp3) is 0.917. The van der Waals surface area contributed by atoms with Crippen molar-refractivity contribution in [3.63, 3.8) is 0 Å². The zero-order chi connectivity index (χ0) is 12.6. The second-order valence-electron chi connectivity index (χ2n) is 5.00. The summed E-state index contributed by atoms with van der Waals surface area (Å²) in [6, 6.07) is 0. The Labute approximate surface area is 99.2 Å². The summed E-state index contributed by atoms with van der Waals surface area (Å²) < 4.78 is 0. The van der Waals surface area contributed by atoms with E-state index >= 15 is 0 Å². The molecule has 0 saturated carbocycles. The third kappa shape index (κ3) is 9.93. The van der Waals surface area contributed by atoms with Gasteiger partial charge < -0.3 is 14.9 Å². The molecule has 0 radical (unpaired) electrons. The maximum absolute atomic E-state index is 10.5. The Morgan fingerprint density at radius 1 is 1.19 bits per heavy atom. The number of hydrogen-bond donors (Lipinski definition) is 1. The number of carboxylic acid groups (broad SMARTS) is 1. The van der Waals surface area contributed by atoms with Gasteiger partial charge in [0.25, 0.3) is 0 Å². The first-order valence-corrected chi connectivity index (χ1v) is 6.00. The molecule has 0 fully saturated rings. The van der Waals surface area contributed by atoms with Gasteiger partial charge in [-0.2, -0.15) is 0 Å². The van der Waals surface area contributed by atoms with Gasteiger partial charge >= 0.3 is 5.97 Å². The van der Waals surface area contributed by atoms with Crippen LogP contribution in [0, 0.1) is 5.92 Å². The highest BCUT2D eigenvalue weighted by Gasteiger charge is 2.09. The number of carboxylic acids is 1. The lowest BCUT2D eigenvalue weighted by molar-refractivity contribution is -0.137. The van der Waals surface area contributed by atoms with Gasteiger partial charge in [0.15, 0.2) is 0 Å². The van der Waals surface area contributed by atoms with Crippen LogP contribution in [-0.2, 0) is 4.79 Å². The number of nitrogens with zero attached hydrogens (tertiary/aromatic N) is 2. The van der Waals surface area contributed by atoms with Crippen LogP contribution in [0.2, 0.25) is 0 Å². The molecule has 0 bridgehead atoms. The van der Waals surface area contributed by atoms with E-state index in [0.717, 1.165) is 26.1 Å². The van der Waals surface area contributed by atoms with Crippen LogP contribution in [0.4, 0.5) is 0 Å². The summed E-state index contributed by atoms with van der Waals surface area (Å²) in [7, 11) is 4.12. The van der Waals surface area contributed by atoms with E-state index < -0.39 is 5.97 Å². The van der Waals surface area contributed by atoms with Crippen molar-refractivity contribution in [3.05, 3.63) is 0 Å². The van der Waals surface area contributed by atoms with Gasteiger partial charge in [0.2, 0.25) is 0 Å². The fourth-order valence-corrected chi connectivity index (χ4v) is 1.68. The summed E-state index contributed by atoms with van der Waals surface area (Å²) in [5.41, 5.74) is 0. The Hall–Kier alpha value is -0.610. The first-order valence-electron chi connectivity index (χ1n) is 6.00. The summed E-state index contributed by atoms with van der Waals surface area (Å²) in [5, 5.41) is 8.68. The highest BCUT2D eigenvalue weighted by molar-refractivity contribution is 5.66. The monoisotopic (exact) mass is 230 g/mol. The summed E-state index contributed by atoms with van der Waals surface area (Å²) in [6.45, 7) is 8.03. The van der Waals surface area contributed by atoms with Gasteiger partial charge in [0.1, 0.15) is 0 Å². The molecule has 0 rings (SSSR count). The molecule has 0 aliphatic rings. The van der Waals surface area contributed by atoms with Crippen LogP contribution in [0.5, 0.6) is 0 Å². The molecule has 0 saturated heterocycles. The number of rotatable bonds is 9. The topological polar surface area (TPSA) is 43.8 Å². The minimum Gasteiger partial charge on any atom is -0.481 e. The van der Waals surface area contributed by atoms with E-state index in [9.17, 15) is 4.79 Å². The van der Waals surface area contributed by atoms with E-state index in [1.165, 1.54) is 0 Å². The van der Waals surface area contributed by atoms with Gasteiger partial charge in [-0.15, -0.1) is 0 Å². The Kier molecular flexibility index (Phi) is 8.21. The van der Waals surface area contributed by atoms with Crippen molar-refractivity contribution in [1.82, 2.24) is 9.80 Å². The lowest BCUT2D eigenvalue weighted by atomic mass is 10.2. The largest absolute Gasteiger partial charge is 0.481 e. The van der Waals surface area contributed by atoms with Gasteiger partial charge in [-0.1, -0.05) is 13.8 Å². The molecule has 0 unspecified atom stereocenters. The van der Waals surface area contributed by atoms with Gasteiger partial charge in [-0.25, -0.2) is 0 Å². The predicted octanol–water partition coefficient (Wildman–Crippen LogP) is 1.37. The number of carbonyl (C=O) groups is 1. The van der Waals surface area contributed by atoms with Crippen LogP contribution in [0.15, 0.2) is 0 Å². The van der Waals surface area contributed by atoms with Crippen LogP contribution < -0.4 is 0 Å². The van der Waals surface area contributed by atoms with Crippen LogP contribution in [0.1, 0.15) is 26.7 Å². The highest BCUT2D eigenvalue weighted by atomic mass is 16.4. The molecule has 0 aliphatic carbocycles. The first kappa shape index (κ1) is 15.4. The Morgan fingerprint density at radius 2 is 1.81 bits per heavy atom. The normalized spacial score (nSPS) is 11.7. The third-order valence-electron chi connectivity index (χ3n) is 2.34. The second kappa shape index (κ2) is 8.53. The molecule has 0 aromatic heterocycles. The lowest BCUT2D eigenvalue weighted by Gasteiger charge is -2.24. The van der Waals surface area contributed by atoms with Crippen LogP contribution in [0.3, 0.4) is 0 Å². The Bertz CT molecular complexity index is 193. The maximum atomic E-state index is 10.5. The quantitative estimate of drug-likeness (QED) is 0.650. The van der Waals surface area contributed by atoms with Crippen LogP contribution in [-0.4, -0.2) is 61.2 Å².